The summed E-state index contributed by atoms with van der Waals surface area (Å²) in [6.45, 7) is 1.67. The van der Waals surface area contributed by atoms with Crippen LogP contribution in [0.25, 0.3) is 0 Å². The second-order valence-electron chi connectivity index (χ2n) is 6.08. The first-order valence-corrected chi connectivity index (χ1v) is 8.58. The van der Waals surface area contributed by atoms with E-state index >= 15 is 0 Å². The Hall–Kier alpha value is -1.80. The molecule has 0 saturated carbocycles. The van der Waals surface area contributed by atoms with E-state index in [1.807, 2.05) is 0 Å². The predicted octanol–water partition coefficient (Wildman–Crippen LogP) is 3.93. The number of carbonyl (C=O) groups is 2. The van der Waals surface area contributed by atoms with Crippen molar-refractivity contribution in [1.82, 2.24) is 10.6 Å². The summed E-state index contributed by atoms with van der Waals surface area (Å²) < 4.78 is 137. The minimum Gasteiger partial charge on any atom is -0.351 e. The van der Waals surface area contributed by atoms with Gasteiger partial charge >= 0.3 is 30.0 Å². The standard InChI is InChI=1S/C15H20F10N2O3/c1-3-5-7-26-9(28)11(16,17)13(19,20)15(24,25)30-12(18,14(21,22)23)10(29)27-8-6-4-2/h3-8H2,1-2H3,(H,26,28)(H,27,29). The Morgan fingerprint density at radius 3 is 1.50 bits per heavy atom. The third-order valence-electron chi connectivity index (χ3n) is 3.60. The maximum Gasteiger partial charge on any atom is 0.458 e. The minimum atomic E-state index is -6.96. The first-order valence-electron chi connectivity index (χ1n) is 8.58. The van der Waals surface area contributed by atoms with Crippen LogP contribution in [0.5, 0.6) is 0 Å². The lowest BCUT2D eigenvalue weighted by Gasteiger charge is -2.35. The van der Waals surface area contributed by atoms with E-state index in [-0.39, 0.29) is 25.7 Å². The Labute approximate surface area is 164 Å². The topological polar surface area (TPSA) is 67.4 Å². The molecule has 0 aliphatic carbocycles. The molecular weight excluding hydrogens is 446 g/mol. The summed E-state index contributed by atoms with van der Waals surface area (Å²) in [6, 6.07) is 0. The molecule has 0 bridgehead atoms. The van der Waals surface area contributed by atoms with E-state index in [4.69, 9.17) is 0 Å². The lowest BCUT2D eigenvalue weighted by atomic mass is 10.1. The van der Waals surface area contributed by atoms with Gasteiger partial charge in [0.05, 0.1) is 0 Å². The smallest absolute Gasteiger partial charge is 0.351 e. The molecule has 0 rings (SSSR count). The molecule has 0 radical (unpaired) electrons. The molecule has 0 spiro atoms. The molecule has 2 amide bonds. The van der Waals surface area contributed by atoms with Gasteiger partial charge in [0.2, 0.25) is 0 Å². The maximum absolute atomic E-state index is 14.1. The van der Waals surface area contributed by atoms with Crippen molar-refractivity contribution in [1.29, 1.82) is 0 Å². The molecule has 2 N–H and O–H groups in total. The van der Waals surface area contributed by atoms with Crippen LogP contribution in [0.1, 0.15) is 39.5 Å². The van der Waals surface area contributed by atoms with Gasteiger partial charge in [-0.25, -0.2) is 0 Å². The normalized spacial score (nSPS) is 15.5. The highest BCUT2D eigenvalue weighted by molar-refractivity contribution is 5.85. The van der Waals surface area contributed by atoms with Gasteiger partial charge in [0.1, 0.15) is 0 Å². The Kier molecular flexibility index (Phi) is 9.40. The second-order valence-corrected chi connectivity index (χ2v) is 6.08. The van der Waals surface area contributed by atoms with Gasteiger partial charge in [-0.05, 0) is 12.8 Å². The van der Waals surface area contributed by atoms with Crippen molar-refractivity contribution < 1.29 is 58.2 Å². The molecular formula is C15H20F10N2O3. The predicted molar refractivity (Wildman–Crippen MR) is 81.7 cm³/mol. The van der Waals surface area contributed by atoms with Gasteiger partial charge in [0, 0.05) is 13.1 Å². The van der Waals surface area contributed by atoms with Crippen LogP contribution in [-0.2, 0) is 14.3 Å². The van der Waals surface area contributed by atoms with E-state index in [9.17, 15) is 53.5 Å². The van der Waals surface area contributed by atoms with E-state index in [1.54, 1.807) is 0 Å². The molecule has 1 atom stereocenters. The van der Waals surface area contributed by atoms with Crippen molar-refractivity contribution in [3.05, 3.63) is 0 Å². The fourth-order valence-electron chi connectivity index (χ4n) is 1.78. The number of unbranched alkanes of at least 4 members (excludes halogenated alkanes) is 2. The first-order chi connectivity index (χ1) is 13.4. The van der Waals surface area contributed by atoms with E-state index in [2.05, 4.69) is 4.74 Å². The van der Waals surface area contributed by atoms with Crippen molar-refractivity contribution in [2.75, 3.05) is 13.1 Å². The number of nitrogens with one attached hydrogen (secondary N) is 2. The van der Waals surface area contributed by atoms with E-state index in [1.165, 1.54) is 24.5 Å². The average Bonchev–Trinajstić information content (AvgIpc) is 2.60. The van der Waals surface area contributed by atoms with Crippen LogP contribution in [-0.4, -0.2) is 54.9 Å². The van der Waals surface area contributed by atoms with Crippen LogP contribution in [0.4, 0.5) is 43.9 Å². The van der Waals surface area contributed by atoms with E-state index in [0.717, 1.165) is 0 Å². The summed E-state index contributed by atoms with van der Waals surface area (Å²) in [4.78, 5) is 22.6. The van der Waals surface area contributed by atoms with Crippen molar-refractivity contribution in [2.24, 2.45) is 0 Å². The van der Waals surface area contributed by atoms with Crippen LogP contribution in [0, 0.1) is 0 Å². The largest absolute Gasteiger partial charge is 0.458 e. The highest BCUT2D eigenvalue weighted by Crippen LogP contribution is 2.50. The number of carbonyl (C=O) groups excluding carboxylic acids is 2. The highest BCUT2D eigenvalue weighted by Gasteiger charge is 2.80. The summed E-state index contributed by atoms with van der Waals surface area (Å²) in [6.07, 6.45) is -13.1. The number of rotatable bonds is 12. The van der Waals surface area contributed by atoms with Crippen LogP contribution < -0.4 is 10.6 Å². The molecule has 0 aromatic carbocycles. The quantitative estimate of drug-likeness (QED) is 0.339. The molecule has 0 aliphatic heterocycles. The Morgan fingerprint density at radius 2 is 1.13 bits per heavy atom. The van der Waals surface area contributed by atoms with Crippen molar-refractivity contribution in [2.45, 2.75) is 69.5 Å². The van der Waals surface area contributed by atoms with E-state index < -0.39 is 54.9 Å². The zero-order chi connectivity index (χ0) is 24.0. The number of amides is 2. The fourth-order valence-corrected chi connectivity index (χ4v) is 1.78. The summed E-state index contributed by atoms with van der Waals surface area (Å²) in [5.41, 5.74) is 0. The molecule has 178 valence electrons. The van der Waals surface area contributed by atoms with E-state index in [0.29, 0.717) is 0 Å². The number of alkyl halides is 10. The molecule has 0 aromatic heterocycles. The molecule has 0 saturated heterocycles. The van der Waals surface area contributed by atoms with Crippen LogP contribution >= 0.6 is 0 Å². The molecule has 1 unspecified atom stereocenters. The van der Waals surface area contributed by atoms with Gasteiger partial charge < -0.3 is 10.6 Å². The third-order valence-corrected chi connectivity index (χ3v) is 3.60. The summed E-state index contributed by atoms with van der Waals surface area (Å²) in [7, 11) is 0. The van der Waals surface area contributed by atoms with Gasteiger partial charge in [0.15, 0.2) is 0 Å². The van der Waals surface area contributed by atoms with Gasteiger partial charge in [-0.1, -0.05) is 26.7 Å². The average molecular weight is 466 g/mol. The third kappa shape index (κ3) is 5.88. The molecule has 15 heteroatoms. The summed E-state index contributed by atoms with van der Waals surface area (Å²) in [5, 5.41) is 2.40. The maximum atomic E-state index is 14.1. The summed E-state index contributed by atoms with van der Waals surface area (Å²) in [5.74, 6) is -25.3. The van der Waals surface area contributed by atoms with Gasteiger partial charge in [-0.3, -0.25) is 14.3 Å². The lowest BCUT2D eigenvalue weighted by Crippen LogP contribution is -2.66. The Morgan fingerprint density at radius 1 is 0.733 bits per heavy atom. The number of ether oxygens (including phenoxy) is 1. The monoisotopic (exact) mass is 466 g/mol. The Bertz CT molecular complexity index is 598. The second kappa shape index (κ2) is 10.0. The van der Waals surface area contributed by atoms with Crippen molar-refractivity contribution >= 4 is 11.8 Å². The minimum absolute atomic E-state index is 0.0140. The molecule has 0 fully saturated rings. The van der Waals surface area contributed by atoms with Gasteiger partial charge in [0.25, 0.3) is 11.8 Å². The number of hydrogen-bond acceptors (Lipinski definition) is 3. The van der Waals surface area contributed by atoms with Crippen LogP contribution in [0.15, 0.2) is 0 Å². The molecule has 0 aliphatic rings. The van der Waals surface area contributed by atoms with Gasteiger partial charge in [-0.15, -0.1) is 0 Å². The molecule has 5 nitrogen and oxygen atoms in total. The zero-order valence-electron chi connectivity index (χ0n) is 15.7. The number of hydrogen-bond donors (Lipinski definition) is 2. The SMILES string of the molecule is CCCCNC(=O)C(F)(F)C(F)(F)C(F)(F)OC(F)(C(=O)NCCCC)C(F)(F)F. The van der Waals surface area contributed by atoms with Crippen LogP contribution in [0.2, 0.25) is 0 Å². The molecule has 0 heterocycles. The van der Waals surface area contributed by atoms with Crippen molar-refractivity contribution in [3.8, 4) is 0 Å². The molecule has 30 heavy (non-hydrogen) atoms. The number of halogens is 10. The summed E-state index contributed by atoms with van der Waals surface area (Å²) >= 11 is 0. The zero-order valence-corrected chi connectivity index (χ0v) is 15.7. The van der Waals surface area contributed by atoms with Gasteiger partial charge in [-0.2, -0.15) is 43.9 Å². The Balaban J connectivity index is 5.86. The lowest BCUT2D eigenvalue weighted by molar-refractivity contribution is -0.455. The fraction of sp³-hybridized carbons (Fsp3) is 0.867. The van der Waals surface area contributed by atoms with Crippen molar-refractivity contribution in [3.63, 3.8) is 0 Å². The molecule has 0 aromatic rings. The van der Waals surface area contributed by atoms with Crippen LogP contribution in [0.3, 0.4) is 0 Å². The highest BCUT2D eigenvalue weighted by atomic mass is 19.4. The first kappa shape index (κ1) is 28.2.